The van der Waals surface area contributed by atoms with Gasteiger partial charge in [0.1, 0.15) is 5.60 Å². The molecule has 0 rings (SSSR count). The van der Waals surface area contributed by atoms with Crippen molar-refractivity contribution in [2.75, 3.05) is 26.2 Å². The lowest BCUT2D eigenvalue weighted by atomic mass is 10.1. The monoisotopic (exact) mass is 288 g/mol. The van der Waals surface area contributed by atoms with Gasteiger partial charge in [0.2, 0.25) is 0 Å². The summed E-state index contributed by atoms with van der Waals surface area (Å²) in [6.07, 6.45) is 3.57. The molecule has 0 heterocycles. The van der Waals surface area contributed by atoms with Gasteiger partial charge in [0.25, 0.3) is 0 Å². The third-order valence-electron chi connectivity index (χ3n) is 3.91. The van der Waals surface area contributed by atoms with Crippen molar-refractivity contribution in [1.29, 1.82) is 0 Å². The predicted molar refractivity (Wildman–Crippen MR) is 82.1 cm³/mol. The van der Waals surface area contributed by atoms with E-state index < -0.39 is 5.60 Å². The van der Waals surface area contributed by atoms with E-state index in [-0.39, 0.29) is 5.97 Å². The second kappa shape index (κ2) is 9.35. The molecular formula is C16H34NO3+. The average Bonchev–Trinajstić information content (AvgIpc) is 2.40. The molecule has 0 unspecified atom stereocenters. The Hall–Kier alpha value is -0.610. The van der Waals surface area contributed by atoms with Crippen molar-refractivity contribution in [2.24, 2.45) is 0 Å². The molecule has 4 nitrogen and oxygen atoms in total. The highest BCUT2D eigenvalue weighted by atomic mass is 17.2. The minimum absolute atomic E-state index is 0.262. The van der Waals surface area contributed by atoms with E-state index in [0.717, 1.165) is 12.8 Å². The first-order valence-electron chi connectivity index (χ1n) is 8.02. The number of rotatable bonds is 10. The number of nitrogens with zero attached hydrogens (tertiary/aromatic N) is 1. The molecule has 0 spiro atoms. The second-order valence-corrected chi connectivity index (χ2v) is 6.48. The van der Waals surface area contributed by atoms with E-state index >= 15 is 0 Å². The van der Waals surface area contributed by atoms with E-state index in [4.69, 9.17) is 9.78 Å². The molecule has 0 aromatic carbocycles. The standard InChI is InChI=1S/C16H34NO3/c1-7-17(8-2,9-3)14-12-10-11-13-15(18)19-20-16(4,5)6/h7-14H2,1-6H3/q+1. The first kappa shape index (κ1) is 19.4. The van der Waals surface area contributed by atoms with Gasteiger partial charge in [-0.2, -0.15) is 4.89 Å². The predicted octanol–water partition coefficient (Wildman–Crippen LogP) is 3.70. The molecule has 0 bridgehead atoms. The number of carbonyl (C=O) groups is 1. The third kappa shape index (κ3) is 8.54. The van der Waals surface area contributed by atoms with Crippen LogP contribution in [0.2, 0.25) is 0 Å². The van der Waals surface area contributed by atoms with Crippen LogP contribution in [0, 0.1) is 0 Å². The summed E-state index contributed by atoms with van der Waals surface area (Å²) in [6, 6.07) is 0. The second-order valence-electron chi connectivity index (χ2n) is 6.48. The maximum Gasteiger partial charge on any atom is 0.342 e. The van der Waals surface area contributed by atoms with E-state index in [1.165, 1.54) is 37.1 Å². The molecule has 0 atom stereocenters. The van der Waals surface area contributed by atoms with Crippen LogP contribution in [-0.4, -0.2) is 42.2 Å². The number of carbonyl (C=O) groups excluding carboxylic acids is 1. The highest BCUT2D eigenvalue weighted by Gasteiger charge is 2.19. The van der Waals surface area contributed by atoms with Gasteiger partial charge in [-0.1, -0.05) is 0 Å². The van der Waals surface area contributed by atoms with E-state index in [0.29, 0.717) is 6.42 Å². The summed E-state index contributed by atoms with van der Waals surface area (Å²) < 4.78 is 1.18. The molecule has 0 aliphatic carbocycles. The van der Waals surface area contributed by atoms with Gasteiger partial charge in [-0.3, -0.25) is 4.89 Å². The lowest BCUT2D eigenvalue weighted by Gasteiger charge is -2.35. The molecule has 0 saturated heterocycles. The largest absolute Gasteiger partial charge is 0.342 e. The normalized spacial score (nSPS) is 12.5. The molecule has 0 N–H and O–H groups in total. The van der Waals surface area contributed by atoms with Gasteiger partial charge in [-0.25, -0.2) is 4.79 Å². The zero-order valence-corrected chi connectivity index (χ0v) is 14.3. The van der Waals surface area contributed by atoms with Crippen LogP contribution in [0.1, 0.15) is 67.2 Å². The lowest BCUT2D eigenvalue weighted by molar-refractivity contribution is -0.923. The fourth-order valence-electron chi connectivity index (χ4n) is 2.25. The number of unbranched alkanes of at least 4 members (excludes halogenated alkanes) is 2. The fraction of sp³-hybridized carbons (Fsp3) is 0.938. The van der Waals surface area contributed by atoms with Crippen LogP contribution in [0.4, 0.5) is 0 Å². The van der Waals surface area contributed by atoms with Gasteiger partial charge in [-0.05, 0) is 60.8 Å². The van der Waals surface area contributed by atoms with Crippen molar-refractivity contribution in [2.45, 2.75) is 72.8 Å². The summed E-state index contributed by atoms with van der Waals surface area (Å²) in [5.41, 5.74) is -0.434. The van der Waals surface area contributed by atoms with E-state index in [1.54, 1.807) is 0 Å². The molecule has 0 aliphatic heterocycles. The Kier molecular flexibility index (Phi) is 9.06. The molecule has 0 aliphatic rings. The lowest BCUT2D eigenvalue weighted by Crippen LogP contribution is -2.48. The summed E-state index contributed by atoms with van der Waals surface area (Å²) in [5, 5.41) is 0. The molecule has 0 fully saturated rings. The van der Waals surface area contributed by atoms with Gasteiger partial charge in [0.05, 0.1) is 26.2 Å². The van der Waals surface area contributed by atoms with Gasteiger partial charge < -0.3 is 4.48 Å². The van der Waals surface area contributed by atoms with Crippen LogP contribution in [0.5, 0.6) is 0 Å². The van der Waals surface area contributed by atoms with Gasteiger partial charge in [-0.15, -0.1) is 0 Å². The summed E-state index contributed by atoms with van der Waals surface area (Å²) in [7, 11) is 0. The van der Waals surface area contributed by atoms with Crippen molar-refractivity contribution >= 4 is 5.97 Å². The molecular weight excluding hydrogens is 254 g/mol. The molecule has 20 heavy (non-hydrogen) atoms. The Morgan fingerprint density at radius 1 is 0.950 bits per heavy atom. The maximum atomic E-state index is 11.5. The zero-order valence-electron chi connectivity index (χ0n) is 14.3. The highest BCUT2D eigenvalue weighted by Crippen LogP contribution is 2.12. The molecule has 0 aromatic rings. The van der Waals surface area contributed by atoms with Crippen LogP contribution in [0.25, 0.3) is 0 Å². The maximum absolute atomic E-state index is 11.5. The van der Waals surface area contributed by atoms with Crippen LogP contribution in [0.3, 0.4) is 0 Å². The summed E-state index contributed by atoms with van der Waals surface area (Å²) in [4.78, 5) is 21.2. The van der Waals surface area contributed by atoms with Crippen LogP contribution in [-0.2, 0) is 14.6 Å². The number of quaternary nitrogens is 1. The van der Waals surface area contributed by atoms with Crippen LogP contribution in [0.15, 0.2) is 0 Å². The van der Waals surface area contributed by atoms with Gasteiger partial charge in [0, 0.05) is 6.42 Å². The minimum Gasteiger partial charge on any atom is -0.324 e. The van der Waals surface area contributed by atoms with Crippen molar-refractivity contribution in [3.05, 3.63) is 0 Å². The van der Waals surface area contributed by atoms with E-state index in [1.807, 2.05) is 20.8 Å². The van der Waals surface area contributed by atoms with E-state index in [9.17, 15) is 4.79 Å². The molecule has 120 valence electrons. The molecule has 0 aromatic heterocycles. The first-order valence-corrected chi connectivity index (χ1v) is 8.02. The Morgan fingerprint density at radius 3 is 1.95 bits per heavy atom. The van der Waals surface area contributed by atoms with Crippen molar-refractivity contribution < 1.29 is 19.1 Å². The average molecular weight is 288 g/mol. The molecule has 0 amide bonds. The summed E-state index contributed by atoms with van der Waals surface area (Å²) in [5.74, 6) is -0.262. The summed E-state index contributed by atoms with van der Waals surface area (Å²) in [6.45, 7) is 17.1. The van der Waals surface area contributed by atoms with Crippen molar-refractivity contribution in [3.8, 4) is 0 Å². The Labute approximate surface area is 125 Å². The van der Waals surface area contributed by atoms with Gasteiger partial charge >= 0.3 is 5.97 Å². The first-order chi connectivity index (χ1) is 9.28. The SMILES string of the molecule is CC[N+](CC)(CC)CCCCCC(=O)OOC(C)(C)C. The van der Waals surface area contributed by atoms with Crippen LogP contribution >= 0.6 is 0 Å². The molecule has 0 radical (unpaired) electrons. The molecule has 4 heteroatoms. The quantitative estimate of drug-likeness (QED) is 0.266. The number of hydrogen-bond acceptors (Lipinski definition) is 3. The number of hydrogen-bond donors (Lipinski definition) is 0. The zero-order chi connectivity index (χ0) is 15.6. The summed E-state index contributed by atoms with van der Waals surface area (Å²) >= 11 is 0. The topological polar surface area (TPSA) is 35.5 Å². The van der Waals surface area contributed by atoms with E-state index in [2.05, 4.69) is 20.8 Å². The van der Waals surface area contributed by atoms with Crippen LogP contribution < -0.4 is 0 Å². The van der Waals surface area contributed by atoms with Gasteiger partial charge in [0.15, 0.2) is 0 Å². The smallest absolute Gasteiger partial charge is 0.324 e. The Morgan fingerprint density at radius 2 is 1.50 bits per heavy atom. The Balaban J connectivity index is 3.74. The minimum atomic E-state index is -0.434. The Bertz CT molecular complexity index is 259. The van der Waals surface area contributed by atoms with Crippen molar-refractivity contribution in [3.63, 3.8) is 0 Å². The highest BCUT2D eigenvalue weighted by molar-refractivity contribution is 5.68. The van der Waals surface area contributed by atoms with Crippen molar-refractivity contribution in [1.82, 2.24) is 0 Å². The fourth-order valence-corrected chi connectivity index (χ4v) is 2.25. The molecule has 0 saturated carbocycles. The third-order valence-corrected chi connectivity index (χ3v) is 3.91.